The number of nitrogens with zero attached hydrogens (tertiary/aromatic N) is 1. The van der Waals surface area contributed by atoms with Crippen LogP contribution in [0.2, 0.25) is 0 Å². The van der Waals surface area contributed by atoms with Crippen LogP contribution in [-0.4, -0.2) is 31.1 Å². The molecule has 2 aromatic rings. The van der Waals surface area contributed by atoms with Crippen LogP contribution in [0.15, 0.2) is 48.5 Å². The maximum Gasteiger partial charge on any atom is 0.263 e. The summed E-state index contributed by atoms with van der Waals surface area (Å²) in [6, 6.07) is 15.5. The van der Waals surface area contributed by atoms with Crippen molar-refractivity contribution in [3.63, 3.8) is 0 Å². The zero-order valence-electron chi connectivity index (χ0n) is 14.8. The number of methoxy groups -OCH3 is 1. The molecule has 0 radical (unpaired) electrons. The number of hydrogen-bond donors (Lipinski definition) is 0. The Balaban J connectivity index is 1.99. The van der Waals surface area contributed by atoms with Crippen LogP contribution in [0.25, 0.3) is 0 Å². The van der Waals surface area contributed by atoms with Crippen molar-refractivity contribution in [1.82, 2.24) is 4.90 Å². The lowest BCUT2D eigenvalue weighted by Gasteiger charge is -2.24. The molecule has 24 heavy (non-hydrogen) atoms. The maximum atomic E-state index is 12.6. The molecule has 0 aliphatic heterocycles. The molecule has 0 saturated carbocycles. The van der Waals surface area contributed by atoms with Gasteiger partial charge in [-0.3, -0.25) is 4.79 Å². The number of ether oxygens (including phenoxy) is 2. The number of hydrogen-bond acceptors (Lipinski definition) is 3. The van der Waals surface area contributed by atoms with Crippen LogP contribution in [0, 0.1) is 6.92 Å². The van der Waals surface area contributed by atoms with Crippen LogP contribution < -0.4 is 9.47 Å². The zero-order valence-corrected chi connectivity index (χ0v) is 14.8. The largest absolute Gasteiger partial charge is 0.497 e. The molecule has 0 aliphatic rings. The summed E-state index contributed by atoms with van der Waals surface area (Å²) in [4.78, 5) is 14.4. The average molecular weight is 327 g/mol. The van der Waals surface area contributed by atoms with Crippen LogP contribution in [0.1, 0.15) is 24.5 Å². The van der Waals surface area contributed by atoms with Crippen molar-refractivity contribution >= 4 is 5.91 Å². The Bertz CT molecular complexity index is 650. The molecule has 4 nitrogen and oxygen atoms in total. The summed E-state index contributed by atoms with van der Waals surface area (Å²) in [6.45, 7) is 4.57. The zero-order chi connectivity index (χ0) is 17.5. The van der Waals surface area contributed by atoms with Gasteiger partial charge in [0.1, 0.15) is 11.5 Å². The summed E-state index contributed by atoms with van der Waals surface area (Å²) in [7, 11) is 3.43. The smallest absolute Gasteiger partial charge is 0.263 e. The van der Waals surface area contributed by atoms with Crippen LogP contribution in [-0.2, 0) is 11.3 Å². The van der Waals surface area contributed by atoms with Gasteiger partial charge < -0.3 is 14.4 Å². The molecule has 0 heterocycles. The summed E-state index contributed by atoms with van der Waals surface area (Å²) in [5.74, 6) is 1.41. The minimum Gasteiger partial charge on any atom is -0.497 e. The molecule has 0 N–H and O–H groups in total. The number of benzene rings is 2. The molecule has 0 aliphatic carbocycles. The Labute approximate surface area is 144 Å². The molecule has 2 aromatic carbocycles. The Morgan fingerprint density at radius 3 is 2.17 bits per heavy atom. The molecule has 0 fully saturated rings. The minimum absolute atomic E-state index is 0.0195. The van der Waals surface area contributed by atoms with Crippen molar-refractivity contribution in [3.05, 3.63) is 59.7 Å². The summed E-state index contributed by atoms with van der Waals surface area (Å²) < 4.78 is 11.0. The van der Waals surface area contributed by atoms with E-state index in [1.165, 1.54) is 5.56 Å². The first-order valence-corrected chi connectivity index (χ1v) is 8.14. The number of aryl methyl sites for hydroxylation is 1. The molecule has 2 rings (SSSR count). The fourth-order valence-electron chi connectivity index (χ4n) is 2.42. The number of rotatable bonds is 7. The van der Waals surface area contributed by atoms with E-state index in [-0.39, 0.29) is 5.91 Å². The van der Waals surface area contributed by atoms with Crippen LogP contribution >= 0.6 is 0 Å². The molecule has 4 heteroatoms. The summed E-state index contributed by atoms with van der Waals surface area (Å²) in [6.07, 6.45) is 0.122. The molecule has 1 atom stereocenters. The van der Waals surface area contributed by atoms with Crippen molar-refractivity contribution in [1.29, 1.82) is 0 Å². The van der Waals surface area contributed by atoms with Gasteiger partial charge in [-0.1, -0.05) is 36.8 Å². The molecule has 1 amide bonds. The van der Waals surface area contributed by atoms with E-state index in [9.17, 15) is 4.79 Å². The second kappa shape index (κ2) is 8.39. The quantitative estimate of drug-likeness (QED) is 0.776. The highest BCUT2D eigenvalue weighted by atomic mass is 16.5. The highest BCUT2D eigenvalue weighted by Crippen LogP contribution is 2.20. The van der Waals surface area contributed by atoms with E-state index >= 15 is 0 Å². The van der Waals surface area contributed by atoms with Gasteiger partial charge in [-0.05, 0) is 43.2 Å². The van der Waals surface area contributed by atoms with Crippen molar-refractivity contribution in [3.8, 4) is 11.5 Å². The lowest BCUT2D eigenvalue weighted by molar-refractivity contribution is -0.138. The minimum atomic E-state index is -0.492. The molecular formula is C20H25NO3. The van der Waals surface area contributed by atoms with Gasteiger partial charge in [0.15, 0.2) is 6.10 Å². The summed E-state index contributed by atoms with van der Waals surface area (Å²) >= 11 is 0. The fourth-order valence-corrected chi connectivity index (χ4v) is 2.42. The standard InChI is InChI=1S/C20H25NO3/c1-5-19(24-18-12-10-17(23-4)11-13-18)20(22)21(3)14-16-8-6-15(2)7-9-16/h6-13,19H,5,14H2,1-4H3/t19-/m1/s1. The second-order valence-corrected chi connectivity index (χ2v) is 5.87. The van der Waals surface area contributed by atoms with E-state index in [0.717, 1.165) is 11.3 Å². The van der Waals surface area contributed by atoms with Gasteiger partial charge in [-0.25, -0.2) is 0 Å². The highest BCUT2D eigenvalue weighted by molar-refractivity contribution is 5.81. The van der Waals surface area contributed by atoms with Gasteiger partial charge in [0.25, 0.3) is 5.91 Å². The van der Waals surface area contributed by atoms with Crippen molar-refractivity contribution < 1.29 is 14.3 Å². The van der Waals surface area contributed by atoms with E-state index < -0.39 is 6.10 Å². The molecule has 0 unspecified atom stereocenters. The topological polar surface area (TPSA) is 38.8 Å². The predicted molar refractivity (Wildman–Crippen MR) is 95.4 cm³/mol. The van der Waals surface area contributed by atoms with E-state index in [4.69, 9.17) is 9.47 Å². The second-order valence-electron chi connectivity index (χ2n) is 5.87. The van der Waals surface area contributed by atoms with Gasteiger partial charge in [0, 0.05) is 13.6 Å². The maximum absolute atomic E-state index is 12.6. The number of likely N-dealkylation sites (N-methyl/N-ethyl adjacent to an activating group) is 1. The van der Waals surface area contributed by atoms with Gasteiger partial charge in [-0.2, -0.15) is 0 Å². The molecule has 0 aromatic heterocycles. The Morgan fingerprint density at radius 1 is 1.04 bits per heavy atom. The van der Waals surface area contributed by atoms with Crippen molar-refractivity contribution in [2.75, 3.05) is 14.2 Å². The third kappa shape index (κ3) is 4.75. The van der Waals surface area contributed by atoms with Crippen LogP contribution in [0.4, 0.5) is 0 Å². The lowest BCUT2D eigenvalue weighted by atomic mass is 10.1. The first-order chi connectivity index (χ1) is 11.5. The molecular weight excluding hydrogens is 302 g/mol. The molecule has 0 spiro atoms. The number of amides is 1. The van der Waals surface area contributed by atoms with Crippen LogP contribution in [0.3, 0.4) is 0 Å². The van der Waals surface area contributed by atoms with E-state index in [1.807, 2.05) is 50.4 Å². The monoisotopic (exact) mass is 327 g/mol. The summed E-state index contributed by atoms with van der Waals surface area (Å²) in [5, 5.41) is 0. The van der Waals surface area contributed by atoms with Gasteiger partial charge in [0.05, 0.1) is 7.11 Å². The first-order valence-electron chi connectivity index (χ1n) is 8.14. The SMILES string of the molecule is CC[C@@H](Oc1ccc(OC)cc1)C(=O)N(C)Cc1ccc(C)cc1. The Morgan fingerprint density at radius 2 is 1.62 bits per heavy atom. The van der Waals surface area contributed by atoms with Crippen molar-refractivity contribution in [2.24, 2.45) is 0 Å². The Hall–Kier alpha value is -2.49. The summed E-state index contributed by atoms with van der Waals surface area (Å²) in [5.41, 5.74) is 2.32. The van der Waals surface area contributed by atoms with Crippen LogP contribution in [0.5, 0.6) is 11.5 Å². The third-order valence-corrected chi connectivity index (χ3v) is 3.90. The number of carbonyl (C=O) groups is 1. The fraction of sp³-hybridized carbons (Fsp3) is 0.350. The molecule has 0 saturated heterocycles. The van der Waals surface area contributed by atoms with Gasteiger partial charge in [0.2, 0.25) is 0 Å². The normalized spacial score (nSPS) is 11.7. The first kappa shape index (κ1) is 17.9. The predicted octanol–water partition coefficient (Wildman–Crippen LogP) is 3.82. The van der Waals surface area contributed by atoms with Gasteiger partial charge in [-0.15, -0.1) is 0 Å². The lowest BCUT2D eigenvalue weighted by Crippen LogP contribution is -2.39. The average Bonchev–Trinajstić information content (AvgIpc) is 2.61. The van der Waals surface area contributed by atoms with Crippen molar-refractivity contribution in [2.45, 2.75) is 32.9 Å². The highest BCUT2D eigenvalue weighted by Gasteiger charge is 2.22. The van der Waals surface area contributed by atoms with E-state index in [0.29, 0.717) is 18.7 Å². The number of carbonyl (C=O) groups excluding carboxylic acids is 1. The molecule has 0 bridgehead atoms. The Kier molecular flexibility index (Phi) is 6.24. The third-order valence-electron chi connectivity index (χ3n) is 3.90. The van der Waals surface area contributed by atoms with Gasteiger partial charge >= 0.3 is 0 Å². The van der Waals surface area contributed by atoms with E-state index in [1.54, 1.807) is 12.0 Å². The van der Waals surface area contributed by atoms with E-state index in [2.05, 4.69) is 19.1 Å². The molecule has 128 valence electrons.